The maximum atomic E-state index is 12.2. The standard InChI is InChI=1S/C10H15N3O3S/c11-9-4-1-5-12-10(9)17(15,16)13-6-2-3-8(14)7-13/h1,4-5,8,14H,2-3,6-7,11H2. The first-order valence-electron chi connectivity index (χ1n) is 5.40. The minimum Gasteiger partial charge on any atom is -0.396 e. The van der Waals surface area contributed by atoms with Crippen molar-refractivity contribution in [3.05, 3.63) is 18.3 Å². The van der Waals surface area contributed by atoms with Crippen LogP contribution in [0.1, 0.15) is 12.8 Å². The van der Waals surface area contributed by atoms with Crippen LogP contribution in [0.2, 0.25) is 0 Å². The van der Waals surface area contributed by atoms with Crippen LogP contribution >= 0.6 is 0 Å². The molecule has 0 spiro atoms. The molecule has 0 aromatic carbocycles. The molecule has 0 bridgehead atoms. The van der Waals surface area contributed by atoms with E-state index < -0.39 is 16.1 Å². The lowest BCUT2D eigenvalue weighted by atomic mass is 10.1. The predicted octanol–water partition coefficient (Wildman–Crippen LogP) is -0.191. The number of β-amino-alcohol motifs (C(OH)–C–C–N with tert-alkyl or cyclic N) is 1. The predicted molar refractivity (Wildman–Crippen MR) is 62.6 cm³/mol. The fourth-order valence-electron chi connectivity index (χ4n) is 1.88. The molecule has 7 heteroatoms. The van der Waals surface area contributed by atoms with Gasteiger partial charge in [0.25, 0.3) is 10.0 Å². The fraction of sp³-hybridized carbons (Fsp3) is 0.500. The maximum Gasteiger partial charge on any atom is 0.262 e. The fourth-order valence-corrected chi connectivity index (χ4v) is 3.42. The number of piperidine rings is 1. The van der Waals surface area contributed by atoms with E-state index in [0.29, 0.717) is 19.4 Å². The zero-order valence-electron chi connectivity index (χ0n) is 9.28. The van der Waals surface area contributed by atoms with Gasteiger partial charge in [0, 0.05) is 19.3 Å². The van der Waals surface area contributed by atoms with Gasteiger partial charge < -0.3 is 10.8 Å². The molecule has 17 heavy (non-hydrogen) atoms. The Kier molecular flexibility index (Phi) is 3.32. The third-order valence-corrected chi connectivity index (χ3v) is 4.59. The van der Waals surface area contributed by atoms with Gasteiger partial charge in [0.15, 0.2) is 5.03 Å². The van der Waals surface area contributed by atoms with Crippen molar-refractivity contribution in [2.24, 2.45) is 0 Å². The van der Waals surface area contributed by atoms with Gasteiger partial charge >= 0.3 is 0 Å². The summed E-state index contributed by atoms with van der Waals surface area (Å²) in [7, 11) is -3.69. The van der Waals surface area contributed by atoms with Crippen molar-refractivity contribution in [3.63, 3.8) is 0 Å². The van der Waals surface area contributed by atoms with Crippen molar-refractivity contribution < 1.29 is 13.5 Å². The average molecular weight is 257 g/mol. The minimum atomic E-state index is -3.69. The molecule has 1 aliphatic rings. The number of nitrogen functional groups attached to an aromatic ring is 1. The number of rotatable bonds is 2. The summed E-state index contributed by atoms with van der Waals surface area (Å²) in [5, 5.41) is 9.37. The van der Waals surface area contributed by atoms with Gasteiger partial charge in [0.1, 0.15) is 0 Å². The van der Waals surface area contributed by atoms with Crippen molar-refractivity contribution in [2.45, 2.75) is 24.0 Å². The Morgan fingerprint density at radius 3 is 2.94 bits per heavy atom. The molecule has 0 aliphatic carbocycles. The molecule has 6 nitrogen and oxygen atoms in total. The van der Waals surface area contributed by atoms with E-state index in [9.17, 15) is 13.5 Å². The molecule has 0 amide bonds. The summed E-state index contributed by atoms with van der Waals surface area (Å²) in [6, 6.07) is 3.08. The third-order valence-electron chi connectivity index (χ3n) is 2.74. The van der Waals surface area contributed by atoms with Gasteiger partial charge in [-0.15, -0.1) is 0 Å². The Hall–Kier alpha value is -1.18. The number of aliphatic hydroxyl groups is 1. The molecule has 1 aromatic rings. The van der Waals surface area contributed by atoms with Gasteiger partial charge in [0.2, 0.25) is 0 Å². The van der Waals surface area contributed by atoms with E-state index in [-0.39, 0.29) is 17.3 Å². The monoisotopic (exact) mass is 257 g/mol. The molecule has 1 unspecified atom stereocenters. The third kappa shape index (κ3) is 2.41. The Labute approximate surface area is 100 Å². The number of hydrogen-bond donors (Lipinski definition) is 2. The smallest absolute Gasteiger partial charge is 0.262 e. The lowest BCUT2D eigenvalue weighted by Crippen LogP contribution is -2.42. The Bertz CT molecular complexity index is 503. The number of aromatic nitrogens is 1. The van der Waals surface area contributed by atoms with Crippen LogP contribution in [0.4, 0.5) is 5.69 Å². The van der Waals surface area contributed by atoms with Gasteiger partial charge in [-0.25, -0.2) is 13.4 Å². The van der Waals surface area contributed by atoms with Crippen molar-refractivity contribution in [1.82, 2.24) is 9.29 Å². The molecule has 1 fully saturated rings. The number of anilines is 1. The van der Waals surface area contributed by atoms with E-state index in [1.807, 2.05) is 0 Å². The van der Waals surface area contributed by atoms with E-state index in [4.69, 9.17) is 5.73 Å². The molecule has 2 rings (SSSR count). The van der Waals surface area contributed by atoms with Crippen LogP contribution in [0.15, 0.2) is 23.4 Å². The van der Waals surface area contributed by atoms with Crippen LogP contribution in [0, 0.1) is 0 Å². The highest BCUT2D eigenvalue weighted by Crippen LogP contribution is 2.22. The Morgan fingerprint density at radius 2 is 2.29 bits per heavy atom. The molecule has 3 N–H and O–H groups in total. The number of hydrogen-bond acceptors (Lipinski definition) is 5. The van der Waals surface area contributed by atoms with Crippen molar-refractivity contribution in [3.8, 4) is 0 Å². The average Bonchev–Trinajstić information content (AvgIpc) is 2.29. The van der Waals surface area contributed by atoms with E-state index in [0.717, 1.165) is 0 Å². The minimum absolute atomic E-state index is 0.109. The van der Waals surface area contributed by atoms with E-state index >= 15 is 0 Å². The second kappa shape index (κ2) is 4.59. The van der Waals surface area contributed by atoms with E-state index in [1.54, 1.807) is 6.07 Å². The SMILES string of the molecule is Nc1cccnc1S(=O)(=O)N1CCCC(O)C1. The quantitative estimate of drug-likeness (QED) is 0.765. The Balaban J connectivity index is 2.33. The highest BCUT2D eigenvalue weighted by atomic mass is 32.2. The largest absolute Gasteiger partial charge is 0.396 e. The zero-order valence-corrected chi connectivity index (χ0v) is 10.1. The first-order chi connectivity index (χ1) is 8.01. The number of aliphatic hydroxyl groups excluding tert-OH is 1. The second-order valence-electron chi connectivity index (χ2n) is 4.06. The topological polar surface area (TPSA) is 96.5 Å². The van der Waals surface area contributed by atoms with Crippen LogP contribution in [0.25, 0.3) is 0 Å². The molecule has 2 heterocycles. The molecule has 1 aliphatic heterocycles. The zero-order chi connectivity index (χ0) is 12.5. The van der Waals surface area contributed by atoms with Crippen molar-refractivity contribution in [2.75, 3.05) is 18.8 Å². The van der Waals surface area contributed by atoms with E-state index in [1.165, 1.54) is 16.6 Å². The maximum absolute atomic E-state index is 12.2. The molecular formula is C10H15N3O3S. The summed E-state index contributed by atoms with van der Waals surface area (Å²) < 4.78 is 25.7. The number of nitrogens with zero attached hydrogens (tertiary/aromatic N) is 2. The van der Waals surface area contributed by atoms with Gasteiger partial charge in [0.05, 0.1) is 11.8 Å². The summed E-state index contributed by atoms with van der Waals surface area (Å²) in [6.45, 7) is 0.508. The summed E-state index contributed by atoms with van der Waals surface area (Å²) in [4.78, 5) is 3.81. The van der Waals surface area contributed by atoms with E-state index in [2.05, 4.69) is 4.98 Å². The molecule has 1 saturated heterocycles. The van der Waals surface area contributed by atoms with Crippen molar-refractivity contribution >= 4 is 15.7 Å². The molecule has 1 aromatic heterocycles. The van der Waals surface area contributed by atoms with Crippen LogP contribution < -0.4 is 5.73 Å². The molecule has 94 valence electrons. The number of pyridine rings is 1. The van der Waals surface area contributed by atoms with Crippen molar-refractivity contribution in [1.29, 1.82) is 0 Å². The molecule has 1 atom stereocenters. The normalized spacial score (nSPS) is 22.5. The van der Waals surface area contributed by atoms with Gasteiger partial charge in [-0.3, -0.25) is 0 Å². The highest BCUT2D eigenvalue weighted by Gasteiger charge is 2.31. The van der Waals surface area contributed by atoms with Gasteiger partial charge in [-0.05, 0) is 25.0 Å². The molecular weight excluding hydrogens is 242 g/mol. The van der Waals surface area contributed by atoms with Crippen LogP contribution in [-0.4, -0.2) is 42.0 Å². The van der Waals surface area contributed by atoms with Crippen LogP contribution in [0.3, 0.4) is 0 Å². The first-order valence-corrected chi connectivity index (χ1v) is 6.84. The number of sulfonamides is 1. The molecule has 0 saturated carbocycles. The van der Waals surface area contributed by atoms with Gasteiger partial charge in [-0.2, -0.15) is 4.31 Å². The van der Waals surface area contributed by atoms with Crippen LogP contribution in [0.5, 0.6) is 0 Å². The second-order valence-corrected chi connectivity index (χ2v) is 5.91. The van der Waals surface area contributed by atoms with Gasteiger partial charge in [-0.1, -0.05) is 0 Å². The summed E-state index contributed by atoms with van der Waals surface area (Å²) in [5.74, 6) is 0. The lowest BCUT2D eigenvalue weighted by molar-refractivity contribution is 0.108. The lowest BCUT2D eigenvalue weighted by Gasteiger charge is -2.29. The summed E-state index contributed by atoms with van der Waals surface area (Å²) in [6.07, 6.45) is 2.06. The Morgan fingerprint density at radius 1 is 1.53 bits per heavy atom. The summed E-state index contributed by atoms with van der Waals surface area (Å²) in [5.41, 5.74) is 5.75. The number of nitrogens with two attached hydrogens (primary N) is 1. The van der Waals surface area contributed by atoms with Crippen LogP contribution in [-0.2, 0) is 10.0 Å². The summed E-state index contributed by atoms with van der Waals surface area (Å²) >= 11 is 0. The molecule has 0 radical (unpaired) electrons. The first kappa shape index (κ1) is 12.3. The highest BCUT2D eigenvalue weighted by molar-refractivity contribution is 7.89.